The number of allylic oxidation sites excluding steroid dienone is 1. The number of esters is 1. The van der Waals surface area contributed by atoms with Crippen LogP contribution in [0, 0.1) is 0 Å². The normalized spacial score (nSPS) is 13.8. The Bertz CT molecular complexity index is 1060. The van der Waals surface area contributed by atoms with Gasteiger partial charge in [-0.2, -0.15) is 0 Å². The van der Waals surface area contributed by atoms with Gasteiger partial charge in [0.1, 0.15) is 5.75 Å². The van der Waals surface area contributed by atoms with E-state index in [9.17, 15) is 4.79 Å². The number of halogens is 3. The average molecular weight is 418 g/mol. The average Bonchev–Trinajstić information content (AvgIpc) is 2.67. The highest BCUT2D eigenvalue weighted by molar-refractivity contribution is 6.75. The highest BCUT2D eigenvalue weighted by atomic mass is 35.6. The number of carbonyl (C=O) groups excluding carboxylic acids is 1. The van der Waals surface area contributed by atoms with E-state index in [1.54, 1.807) is 0 Å². The van der Waals surface area contributed by atoms with E-state index < -0.39 is 9.76 Å². The molecule has 3 aromatic rings. The molecule has 1 aliphatic rings. The van der Waals surface area contributed by atoms with Crippen molar-refractivity contribution < 1.29 is 9.53 Å². The summed E-state index contributed by atoms with van der Waals surface area (Å²) >= 11 is 17.2. The molecule has 0 heterocycles. The fourth-order valence-electron chi connectivity index (χ4n) is 3.45. The molecule has 4 rings (SSSR count). The van der Waals surface area contributed by atoms with Crippen LogP contribution in [0.5, 0.6) is 5.75 Å². The van der Waals surface area contributed by atoms with Crippen LogP contribution in [0.3, 0.4) is 0 Å². The topological polar surface area (TPSA) is 26.3 Å². The maximum atomic E-state index is 12.3. The molecule has 27 heavy (non-hydrogen) atoms. The molecule has 1 aliphatic carbocycles. The number of hydrogen-bond acceptors (Lipinski definition) is 2. The number of benzene rings is 3. The lowest BCUT2D eigenvalue weighted by Crippen LogP contribution is -2.25. The molecule has 0 saturated heterocycles. The monoisotopic (exact) mass is 416 g/mol. The van der Waals surface area contributed by atoms with Gasteiger partial charge in [-0.15, -0.1) is 0 Å². The minimum Gasteiger partial charge on any atom is -0.422 e. The third-order valence-electron chi connectivity index (χ3n) is 4.67. The Morgan fingerprint density at radius 1 is 0.889 bits per heavy atom. The number of aryl methyl sites for hydroxylation is 1. The van der Waals surface area contributed by atoms with Crippen molar-refractivity contribution in [1.82, 2.24) is 0 Å². The van der Waals surface area contributed by atoms with Gasteiger partial charge < -0.3 is 4.74 Å². The zero-order valence-electron chi connectivity index (χ0n) is 14.2. The molecule has 0 radical (unpaired) electrons. The van der Waals surface area contributed by atoms with Crippen molar-refractivity contribution in [1.29, 1.82) is 0 Å². The minimum absolute atomic E-state index is 0.410. The molecule has 3 aromatic carbocycles. The van der Waals surface area contributed by atoms with Crippen LogP contribution in [-0.2, 0) is 11.2 Å². The van der Waals surface area contributed by atoms with Crippen molar-refractivity contribution in [2.24, 2.45) is 0 Å². The molecule has 5 heteroatoms. The van der Waals surface area contributed by atoms with E-state index >= 15 is 0 Å². The summed E-state index contributed by atoms with van der Waals surface area (Å²) in [7, 11) is 0. The molecule has 0 aromatic heterocycles. The second-order valence-corrected chi connectivity index (χ2v) is 8.65. The Morgan fingerprint density at radius 2 is 1.63 bits per heavy atom. The van der Waals surface area contributed by atoms with Gasteiger partial charge in [-0.3, -0.25) is 0 Å². The SMILES string of the molecule is O=C(Oc1c(C2=CCCc3ccccc32)ccc2ccccc12)C(Cl)(Cl)Cl. The number of alkyl halides is 3. The van der Waals surface area contributed by atoms with Gasteiger partial charge in [-0.05, 0) is 41.0 Å². The van der Waals surface area contributed by atoms with Crippen molar-refractivity contribution in [3.05, 3.63) is 83.4 Å². The summed E-state index contributed by atoms with van der Waals surface area (Å²) in [4.78, 5) is 12.3. The number of fused-ring (bicyclic) bond motifs is 2. The van der Waals surface area contributed by atoms with Crippen molar-refractivity contribution in [2.45, 2.75) is 16.6 Å². The molecule has 0 saturated carbocycles. The summed E-state index contributed by atoms with van der Waals surface area (Å²) in [6.07, 6.45) is 4.06. The summed E-state index contributed by atoms with van der Waals surface area (Å²) in [5, 5.41) is 1.74. The van der Waals surface area contributed by atoms with Gasteiger partial charge in [0.15, 0.2) is 0 Å². The predicted octanol–water partition coefficient (Wildman–Crippen LogP) is 6.49. The van der Waals surface area contributed by atoms with E-state index in [0.29, 0.717) is 5.75 Å². The number of rotatable bonds is 2. The molecule has 0 aliphatic heterocycles. The lowest BCUT2D eigenvalue weighted by atomic mass is 9.86. The summed E-state index contributed by atoms with van der Waals surface area (Å²) < 4.78 is 3.47. The van der Waals surface area contributed by atoms with Crippen LogP contribution in [0.4, 0.5) is 0 Å². The molecule has 136 valence electrons. The summed E-state index contributed by atoms with van der Waals surface area (Å²) in [5.74, 6) is -0.512. The van der Waals surface area contributed by atoms with E-state index in [4.69, 9.17) is 39.5 Å². The van der Waals surface area contributed by atoms with Gasteiger partial charge in [0, 0.05) is 10.9 Å². The lowest BCUT2D eigenvalue weighted by Gasteiger charge is -2.22. The Kier molecular flexibility index (Phi) is 4.90. The van der Waals surface area contributed by atoms with Crippen molar-refractivity contribution in [3.63, 3.8) is 0 Å². The zero-order chi connectivity index (χ0) is 19.0. The molecule has 0 N–H and O–H groups in total. The van der Waals surface area contributed by atoms with Crippen molar-refractivity contribution >= 4 is 57.1 Å². The first-order chi connectivity index (χ1) is 12.9. The molecule has 0 atom stereocenters. The zero-order valence-corrected chi connectivity index (χ0v) is 16.5. The van der Waals surface area contributed by atoms with Gasteiger partial charge in [0.2, 0.25) is 0 Å². The first kappa shape index (κ1) is 18.4. The van der Waals surface area contributed by atoms with Crippen LogP contribution in [0.2, 0.25) is 0 Å². The van der Waals surface area contributed by atoms with E-state index in [2.05, 4.69) is 18.2 Å². The Labute approximate surface area is 172 Å². The first-order valence-electron chi connectivity index (χ1n) is 8.55. The largest absolute Gasteiger partial charge is 0.422 e. The Hall–Kier alpha value is -2.00. The van der Waals surface area contributed by atoms with Gasteiger partial charge in [0.05, 0.1) is 0 Å². The van der Waals surface area contributed by atoms with Gasteiger partial charge in [-0.25, -0.2) is 4.79 Å². The van der Waals surface area contributed by atoms with Gasteiger partial charge >= 0.3 is 5.97 Å². The highest BCUT2D eigenvalue weighted by Gasteiger charge is 2.34. The molecular formula is C22H15Cl3O2. The number of ether oxygens (including phenoxy) is 1. The van der Waals surface area contributed by atoms with E-state index in [-0.39, 0.29) is 0 Å². The number of hydrogen-bond donors (Lipinski definition) is 0. The van der Waals surface area contributed by atoms with E-state index in [1.807, 2.05) is 48.5 Å². The summed E-state index contributed by atoms with van der Waals surface area (Å²) in [5.41, 5.74) is 4.23. The maximum Gasteiger partial charge on any atom is 0.363 e. The maximum absolute atomic E-state index is 12.3. The lowest BCUT2D eigenvalue weighted by molar-refractivity contribution is -0.133. The highest BCUT2D eigenvalue weighted by Crippen LogP contribution is 2.41. The number of carbonyl (C=O) groups is 1. The Morgan fingerprint density at radius 3 is 2.44 bits per heavy atom. The second kappa shape index (κ2) is 7.20. The van der Waals surface area contributed by atoms with E-state index in [1.165, 1.54) is 5.56 Å². The summed E-state index contributed by atoms with van der Waals surface area (Å²) in [6.45, 7) is 0. The van der Waals surface area contributed by atoms with Crippen molar-refractivity contribution in [2.75, 3.05) is 0 Å². The predicted molar refractivity (Wildman–Crippen MR) is 112 cm³/mol. The molecule has 2 nitrogen and oxygen atoms in total. The molecule has 0 fully saturated rings. The molecule has 0 bridgehead atoms. The van der Waals surface area contributed by atoms with Crippen LogP contribution < -0.4 is 4.74 Å². The fraction of sp³-hybridized carbons (Fsp3) is 0.136. The molecule has 0 spiro atoms. The van der Waals surface area contributed by atoms with Crippen molar-refractivity contribution in [3.8, 4) is 5.75 Å². The minimum atomic E-state index is -2.15. The third kappa shape index (κ3) is 3.58. The molecular weight excluding hydrogens is 403 g/mol. The van der Waals surface area contributed by atoms with Gasteiger partial charge in [0.25, 0.3) is 3.79 Å². The van der Waals surface area contributed by atoms with Crippen LogP contribution in [-0.4, -0.2) is 9.76 Å². The van der Waals surface area contributed by atoms with Gasteiger partial charge in [-0.1, -0.05) is 95.5 Å². The smallest absolute Gasteiger partial charge is 0.363 e. The van der Waals surface area contributed by atoms with E-state index in [0.717, 1.165) is 40.3 Å². The Balaban J connectivity index is 1.92. The summed E-state index contributed by atoms with van der Waals surface area (Å²) in [6, 6.07) is 19.9. The quantitative estimate of drug-likeness (QED) is 0.270. The molecule has 0 amide bonds. The first-order valence-corrected chi connectivity index (χ1v) is 9.68. The van der Waals surface area contributed by atoms with Crippen LogP contribution in [0.1, 0.15) is 23.1 Å². The van der Waals surface area contributed by atoms with Crippen LogP contribution in [0.15, 0.2) is 66.7 Å². The third-order valence-corrected chi connectivity index (χ3v) is 5.13. The van der Waals surface area contributed by atoms with Crippen LogP contribution in [0.25, 0.3) is 16.3 Å². The van der Waals surface area contributed by atoms with Crippen LogP contribution >= 0.6 is 34.8 Å². The molecule has 0 unspecified atom stereocenters. The fourth-order valence-corrected chi connectivity index (χ4v) is 3.57. The second-order valence-electron chi connectivity index (χ2n) is 6.36. The standard InChI is InChI=1S/C22H15Cl3O2/c23-22(24,25)21(26)27-20-17-10-4-2-7-15(17)12-13-19(20)18-11-5-8-14-6-1-3-9-16(14)18/h1-4,6-7,9-13H,5,8H2.